The van der Waals surface area contributed by atoms with Crippen molar-refractivity contribution < 1.29 is 42.9 Å². The lowest BCUT2D eigenvalue weighted by Crippen LogP contribution is -2.61. The van der Waals surface area contributed by atoms with Gasteiger partial charge in [0.25, 0.3) is 0 Å². The van der Waals surface area contributed by atoms with E-state index in [2.05, 4.69) is 20.9 Å². The maximum absolute atomic E-state index is 14.5. The number of pyridine rings is 1. The van der Waals surface area contributed by atoms with E-state index in [0.717, 1.165) is 0 Å². The summed E-state index contributed by atoms with van der Waals surface area (Å²) >= 11 is 0. The fourth-order valence-corrected chi connectivity index (χ4v) is 5.88. The molecule has 2 heterocycles. The second-order valence-electron chi connectivity index (χ2n) is 15.3. The average Bonchev–Trinajstić information content (AvgIpc) is 3.71. The van der Waals surface area contributed by atoms with E-state index in [4.69, 9.17) is 18.9 Å². The highest BCUT2D eigenvalue weighted by atomic mass is 16.5. The fraction of sp³-hybridized carbons (Fsp3) is 0.611. The van der Waals surface area contributed by atoms with Gasteiger partial charge in [-0.2, -0.15) is 0 Å². The lowest BCUT2D eigenvalue weighted by atomic mass is 9.85. The third-order valence-corrected chi connectivity index (χ3v) is 9.63. The second kappa shape index (κ2) is 14.3. The summed E-state index contributed by atoms with van der Waals surface area (Å²) in [7, 11) is 4.04. The van der Waals surface area contributed by atoms with E-state index >= 15 is 0 Å². The standard InChI is InChI=1S/C36H51N5O9/c1-19-25(47-9)13-12-22-26(17-23(31(44)48-10)38-27(19)22)50-21-16-24(29(42)40-36(14-15-36)32(45)49-11)41(18-21)30(43)28(35(6,7)8)39-33(46)37-20(2)34(3,4)5/h12-13,17,20-21,24,28H,14-16,18H2,1-11H3,(H,40,42)(H2,37,39,46)/t20-,21-,24+,28?/m1/s1. The van der Waals surface area contributed by atoms with Crippen LogP contribution in [0, 0.1) is 17.8 Å². The number of methoxy groups -OCH3 is 3. The second-order valence-corrected chi connectivity index (χ2v) is 15.3. The molecule has 0 bridgehead atoms. The molecule has 0 radical (unpaired) electrons. The predicted octanol–water partition coefficient (Wildman–Crippen LogP) is 3.66. The number of likely N-dealkylation sites (tertiary alicyclic amines) is 1. The first-order chi connectivity index (χ1) is 23.3. The van der Waals surface area contributed by atoms with Gasteiger partial charge in [-0.3, -0.25) is 9.59 Å². The zero-order valence-corrected chi connectivity index (χ0v) is 30.9. The van der Waals surface area contributed by atoms with E-state index in [1.54, 1.807) is 12.1 Å². The van der Waals surface area contributed by atoms with Crippen LogP contribution in [0.4, 0.5) is 4.79 Å². The first kappa shape index (κ1) is 38.2. The lowest BCUT2D eigenvalue weighted by molar-refractivity contribution is -0.148. The molecule has 50 heavy (non-hydrogen) atoms. The van der Waals surface area contributed by atoms with Crippen LogP contribution in [-0.4, -0.2) is 97.3 Å². The molecule has 1 saturated carbocycles. The summed E-state index contributed by atoms with van der Waals surface area (Å²) in [4.78, 5) is 72.7. The van der Waals surface area contributed by atoms with Gasteiger partial charge in [-0.25, -0.2) is 19.4 Å². The molecule has 0 spiro atoms. The highest BCUT2D eigenvalue weighted by Crippen LogP contribution is 2.38. The molecule has 14 heteroatoms. The van der Waals surface area contributed by atoms with Gasteiger partial charge in [-0.05, 0) is 49.7 Å². The van der Waals surface area contributed by atoms with E-state index in [0.29, 0.717) is 40.8 Å². The van der Waals surface area contributed by atoms with Crippen LogP contribution in [0.2, 0.25) is 0 Å². The van der Waals surface area contributed by atoms with E-state index in [9.17, 15) is 24.0 Å². The SMILES string of the molecule is COC(=O)c1cc(O[C@@H]2C[C@@H](C(=O)NC3(C(=O)OC)CC3)N(C(=O)C(NC(=O)N[C@H](C)C(C)(C)C)C(C)(C)C)C2)c2ccc(OC)c(C)c2n1. The van der Waals surface area contributed by atoms with Crippen molar-refractivity contribution in [2.45, 2.75) is 104 Å². The number of hydrogen-bond donors (Lipinski definition) is 3. The average molecular weight is 698 g/mol. The number of aromatic nitrogens is 1. The van der Waals surface area contributed by atoms with Crippen molar-refractivity contribution in [2.75, 3.05) is 27.9 Å². The van der Waals surface area contributed by atoms with Crippen LogP contribution in [0.1, 0.15) is 83.8 Å². The number of carbonyl (C=O) groups is 5. The normalized spacial score (nSPS) is 19.5. The van der Waals surface area contributed by atoms with Crippen LogP contribution in [0.15, 0.2) is 18.2 Å². The van der Waals surface area contributed by atoms with E-state index in [1.165, 1.54) is 32.3 Å². The molecule has 1 aromatic carbocycles. The molecule has 2 aliphatic rings. The van der Waals surface area contributed by atoms with Gasteiger partial charge < -0.3 is 39.8 Å². The highest BCUT2D eigenvalue weighted by Gasteiger charge is 2.55. The molecule has 14 nitrogen and oxygen atoms in total. The Morgan fingerprint density at radius 3 is 2.14 bits per heavy atom. The summed E-state index contributed by atoms with van der Waals surface area (Å²) in [5, 5.41) is 9.19. The monoisotopic (exact) mass is 697 g/mol. The largest absolute Gasteiger partial charge is 0.496 e. The van der Waals surface area contributed by atoms with Crippen molar-refractivity contribution in [1.82, 2.24) is 25.8 Å². The molecule has 4 rings (SSSR count). The van der Waals surface area contributed by atoms with Gasteiger partial charge in [0.1, 0.15) is 35.2 Å². The molecule has 2 fully saturated rings. The van der Waals surface area contributed by atoms with E-state index < -0.39 is 58.9 Å². The van der Waals surface area contributed by atoms with Gasteiger partial charge in [0.15, 0.2) is 5.69 Å². The molecule has 1 saturated heterocycles. The predicted molar refractivity (Wildman–Crippen MR) is 185 cm³/mol. The zero-order chi connectivity index (χ0) is 37.3. The summed E-state index contributed by atoms with van der Waals surface area (Å²) < 4.78 is 21.9. The van der Waals surface area contributed by atoms with Crippen molar-refractivity contribution in [2.24, 2.45) is 10.8 Å². The highest BCUT2D eigenvalue weighted by molar-refractivity contribution is 5.97. The number of nitrogens with one attached hydrogen (secondary N) is 3. The van der Waals surface area contributed by atoms with Crippen LogP contribution >= 0.6 is 0 Å². The van der Waals surface area contributed by atoms with Gasteiger partial charge in [-0.1, -0.05) is 41.5 Å². The first-order valence-corrected chi connectivity index (χ1v) is 16.8. The number of ether oxygens (including phenoxy) is 4. The summed E-state index contributed by atoms with van der Waals surface area (Å²) in [5.74, 6) is -1.39. The molecule has 2 aromatic rings. The number of hydrogen-bond acceptors (Lipinski definition) is 10. The molecule has 1 aliphatic heterocycles. The number of urea groups is 1. The number of amides is 4. The summed E-state index contributed by atoms with van der Waals surface area (Å²) in [6.07, 6.45) is 0.154. The number of rotatable bonds is 10. The number of benzene rings is 1. The maximum Gasteiger partial charge on any atom is 0.356 e. The van der Waals surface area contributed by atoms with Crippen LogP contribution in [0.25, 0.3) is 10.9 Å². The quantitative estimate of drug-likeness (QED) is 0.311. The van der Waals surface area contributed by atoms with Crippen LogP contribution in [0.3, 0.4) is 0 Å². The first-order valence-electron chi connectivity index (χ1n) is 16.8. The molecule has 4 atom stereocenters. The molecule has 4 amide bonds. The maximum atomic E-state index is 14.5. The minimum atomic E-state index is -1.16. The molecular weight excluding hydrogens is 646 g/mol. The number of fused-ring (bicyclic) bond motifs is 1. The van der Waals surface area contributed by atoms with Gasteiger partial charge in [-0.15, -0.1) is 0 Å². The lowest BCUT2D eigenvalue weighted by Gasteiger charge is -2.36. The Kier molecular flexibility index (Phi) is 10.9. The molecule has 3 N–H and O–H groups in total. The minimum Gasteiger partial charge on any atom is -0.496 e. The van der Waals surface area contributed by atoms with Crippen LogP contribution in [-0.2, 0) is 23.9 Å². The smallest absolute Gasteiger partial charge is 0.356 e. The molecule has 274 valence electrons. The van der Waals surface area contributed by atoms with Crippen molar-refractivity contribution in [3.05, 3.63) is 29.5 Å². The number of carbonyl (C=O) groups excluding carboxylic acids is 5. The number of nitrogens with zero attached hydrogens (tertiary/aromatic N) is 2. The van der Waals surface area contributed by atoms with Crippen molar-refractivity contribution in [3.8, 4) is 11.5 Å². The number of esters is 2. The van der Waals surface area contributed by atoms with E-state index in [-0.39, 0.29) is 30.1 Å². The number of aryl methyl sites for hydroxylation is 1. The Hall–Kier alpha value is -4.62. The zero-order valence-electron chi connectivity index (χ0n) is 30.9. The van der Waals surface area contributed by atoms with Crippen molar-refractivity contribution >= 4 is 40.7 Å². The minimum absolute atomic E-state index is 0.00724. The third kappa shape index (κ3) is 8.05. The summed E-state index contributed by atoms with van der Waals surface area (Å²) in [6, 6.07) is 2.20. The van der Waals surface area contributed by atoms with Gasteiger partial charge in [0, 0.05) is 29.5 Å². The Morgan fingerprint density at radius 1 is 0.940 bits per heavy atom. The van der Waals surface area contributed by atoms with Gasteiger partial charge in [0.2, 0.25) is 11.8 Å². The van der Waals surface area contributed by atoms with Crippen molar-refractivity contribution in [3.63, 3.8) is 0 Å². The Balaban J connectivity index is 1.71. The Labute approximate surface area is 293 Å². The third-order valence-electron chi connectivity index (χ3n) is 9.63. The van der Waals surface area contributed by atoms with Crippen LogP contribution in [0.5, 0.6) is 11.5 Å². The van der Waals surface area contributed by atoms with Gasteiger partial charge in [0.05, 0.1) is 33.4 Å². The van der Waals surface area contributed by atoms with Crippen molar-refractivity contribution in [1.29, 1.82) is 0 Å². The Morgan fingerprint density at radius 2 is 1.60 bits per heavy atom. The van der Waals surface area contributed by atoms with Crippen LogP contribution < -0.4 is 25.4 Å². The summed E-state index contributed by atoms with van der Waals surface area (Å²) in [6.45, 7) is 15.1. The van der Waals surface area contributed by atoms with E-state index in [1.807, 2.05) is 55.4 Å². The topological polar surface area (TPSA) is 174 Å². The molecule has 1 unspecified atom stereocenters. The molecular formula is C36H51N5O9. The molecule has 1 aromatic heterocycles. The fourth-order valence-electron chi connectivity index (χ4n) is 5.88. The Bertz CT molecular complexity index is 1660. The van der Waals surface area contributed by atoms with Gasteiger partial charge >= 0.3 is 18.0 Å². The molecule has 1 aliphatic carbocycles. The summed E-state index contributed by atoms with van der Waals surface area (Å²) in [5.41, 5.74) is -0.990.